The molecule has 0 heterocycles. The Labute approximate surface area is 102 Å². The minimum absolute atomic E-state index is 0.144. The molecule has 0 aliphatic heterocycles. The molecular formula is C10H14F3NO4. The Balaban J connectivity index is 4.35. The van der Waals surface area contributed by atoms with Gasteiger partial charge in [0.15, 0.2) is 0 Å². The van der Waals surface area contributed by atoms with Gasteiger partial charge >= 0.3 is 18.2 Å². The van der Waals surface area contributed by atoms with Gasteiger partial charge in [-0.05, 0) is 0 Å². The van der Waals surface area contributed by atoms with Gasteiger partial charge in [-0.3, -0.25) is 4.79 Å². The molecule has 5 nitrogen and oxygen atoms in total. The third-order valence-corrected chi connectivity index (χ3v) is 1.84. The summed E-state index contributed by atoms with van der Waals surface area (Å²) in [4.78, 5) is 22.4. The predicted molar refractivity (Wildman–Crippen MR) is 56.0 cm³/mol. The lowest BCUT2D eigenvalue weighted by molar-refractivity contribution is -0.138. The molecule has 0 aromatic heterocycles. The fraction of sp³-hybridized carbons (Fsp3) is 0.600. The van der Waals surface area contributed by atoms with Gasteiger partial charge in [0.1, 0.15) is 6.61 Å². The molecule has 1 amide bonds. The van der Waals surface area contributed by atoms with E-state index in [9.17, 15) is 22.8 Å². The number of carboxylic acid groups (broad SMARTS) is 1. The van der Waals surface area contributed by atoms with E-state index in [-0.39, 0.29) is 13.2 Å². The molecule has 104 valence electrons. The summed E-state index contributed by atoms with van der Waals surface area (Å²) in [6, 6.07) is 0. The van der Waals surface area contributed by atoms with E-state index >= 15 is 0 Å². The molecule has 0 spiro atoms. The van der Waals surface area contributed by atoms with E-state index in [4.69, 9.17) is 5.11 Å². The topological polar surface area (TPSA) is 66.8 Å². The Morgan fingerprint density at radius 2 is 1.94 bits per heavy atom. The zero-order chi connectivity index (χ0) is 14.2. The largest absolute Gasteiger partial charge is 0.481 e. The molecule has 0 bridgehead atoms. The van der Waals surface area contributed by atoms with Gasteiger partial charge in [0.05, 0.1) is 12.8 Å². The Bertz CT molecular complexity index is 304. The maximum absolute atomic E-state index is 12.0. The summed E-state index contributed by atoms with van der Waals surface area (Å²) >= 11 is 0. The van der Waals surface area contributed by atoms with E-state index < -0.39 is 37.6 Å². The third-order valence-electron chi connectivity index (χ3n) is 1.84. The third kappa shape index (κ3) is 8.43. The number of alkyl halides is 3. The number of carbonyl (C=O) groups is 2. The van der Waals surface area contributed by atoms with Gasteiger partial charge in [-0.15, -0.1) is 0 Å². The van der Waals surface area contributed by atoms with Crippen molar-refractivity contribution in [1.29, 1.82) is 0 Å². The molecule has 0 aromatic rings. The first-order chi connectivity index (χ1) is 8.26. The van der Waals surface area contributed by atoms with Crippen molar-refractivity contribution in [3.63, 3.8) is 0 Å². The van der Waals surface area contributed by atoms with Gasteiger partial charge in [-0.1, -0.05) is 12.7 Å². The van der Waals surface area contributed by atoms with Crippen LogP contribution in [0.2, 0.25) is 0 Å². The van der Waals surface area contributed by atoms with Crippen molar-refractivity contribution in [3.05, 3.63) is 12.7 Å². The summed E-state index contributed by atoms with van der Waals surface area (Å²) in [7, 11) is 0. The summed E-state index contributed by atoms with van der Waals surface area (Å²) in [5, 5.41) is 8.43. The highest BCUT2D eigenvalue weighted by Crippen LogP contribution is 2.20. The maximum atomic E-state index is 12.0. The van der Waals surface area contributed by atoms with Crippen LogP contribution in [0.1, 0.15) is 12.8 Å². The molecule has 0 saturated heterocycles. The summed E-state index contributed by atoms with van der Waals surface area (Å²) < 4.78 is 40.6. The highest BCUT2D eigenvalue weighted by Gasteiger charge is 2.29. The quantitative estimate of drug-likeness (QED) is 0.718. The zero-order valence-corrected chi connectivity index (χ0v) is 9.57. The lowest BCUT2D eigenvalue weighted by Gasteiger charge is -2.21. The van der Waals surface area contributed by atoms with E-state index in [1.807, 2.05) is 0 Å². The second-order valence-electron chi connectivity index (χ2n) is 3.36. The molecular weight excluding hydrogens is 255 g/mol. The van der Waals surface area contributed by atoms with Gasteiger partial charge in [-0.25, -0.2) is 4.79 Å². The van der Waals surface area contributed by atoms with Crippen molar-refractivity contribution in [1.82, 2.24) is 4.90 Å². The van der Waals surface area contributed by atoms with Crippen LogP contribution in [-0.2, 0) is 9.53 Å². The standard InChI is InChI=1S/C10H14F3NO4/c1-2-7-18-9(17)14(5-3-8(15)16)6-4-10(11,12)13/h2H,1,3-7H2,(H,15,16). The molecule has 1 N–H and O–H groups in total. The minimum atomic E-state index is -4.42. The fourth-order valence-corrected chi connectivity index (χ4v) is 1.01. The van der Waals surface area contributed by atoms with Gasteiger partial charge in [0, 0.05) is 13.1 Å². The number of halogens is 3. The minimum Gasteiger partial charge on any atom is -0.481 e. The molecule has 0 fully saturated rings. The van der Waals surface area contributed by atoms with Crippen molar-refractivity contribution in [2.45, 2.75) is 19.0 Å². The molecule has 0 aromatic carbocycles. The van der Waals surface area contributed by atoms with E-state index in [2.05, 4.69) is 11.3 Å². The van der Waals surface area contributed by atoms with Crippen LogP contribution < -0.4 is 0 Å². The maximum Gasteiger partial charge on any atom is 0.410 e. The van der Waals surface area contributed by atoms with Gasteiger partial charge < -0.3 is 14.7 Å². The van der Waals surface area contributed by atoms with Gasteiger partial charge in [0.25, 0.3) is 0 Å². The Hall–Kier alpha value is -1.73. The Morgan fingerprint density at radius 3 is 2.39 bits per heavy atom. The first-order valence-electron chi connectivity index (χ1n) is 5.07. The van der Waals surface area contributed by atoms with Gasteiger partial charge in [0.2, 0.25) is 0 Å². The Kier molecular flexibility index (Phi) is 6.84. The number of amides is 1. The van der Waals surface area contributed by atoms with Gasteiger partial charge in [-0.2, -0.15) is 13.2 Å². The number of carbonyl (C=O) groups excluding carboxylic acids is 1. The molecule has 0 saturated carbocycles. The molecule has 0 aliphatic carbocycles. The van der Waals surface area contributed by atoms with E-state index in [1.54, 1.807) is 0 Å². The number of hydrogen-bond donors (Lipinski definition) is 1. The van der Waals surface area contributed by atoms with Crippen LogP contribution in [0.3, 0.4) is 0 Å². The number of carboxylic acids is 1. The second kappa shape index (κ2) is 7.57. The van der Waals surface area contributed by atoms with Crippen molar-refractivity contribution in [2.24, 2.45) is 0 Å². The van der Waals surface area contributed by atoms with Crippen LogP contribution in [0, 0.1) is 0 Å². The first-order valence-corrected chi connectivity index (χ1v) is 5.07. The molecule has 0 unspecified atom stereocenters. The summed E-state index contributed by atoms with van der Waals surface area (Å²) in [5.41, 5.74) is 0. The first kappa shape index (κ1) is 16.3. The molecule has 0 aliphatic rings. The van der Waals surface area contributed by atoms with E-state index in [1.165, 1.54) is 6.08 Å². The highest BCUT2D eigenvalue weighted by molar-refractivity contribution is 5.70. The fourth-order valence-electron chi connectivity index (χ4n) is 1.01. The number of hydrogen-bond acceptors (Lipinski definition) is 3. The monoisotopic (exact) mass is 269 g/mol. The molecule has 18 heavy (non-hydrogen) atoms. The molecule has 0 rings (SSSR count). The smallest absolute Gasteiger partial charge is 0.410 e. The summed E-state index contributed by atoms with van der Waals surface area (Å²) in [6.45, 7) is 2.17. The van der Waals surface area contributed by atoms with E-state index in [0.717, 1.165) is 0 Å². The number of nitrogens with zero attached hydrogens (tertiary/aromatic N) is 1. The van der Waals surface area contributed by atoms with Crippen molar-refractivity contribution >= 4 is 12.1 Å². The number of ether oxygens (including phenoxy) is 1. The lowest BCUT2D eigenvalue weighted by Crippen LogP contribution is -2.36. The number of aliphatic carboxylic acids is 1. The predicted octanol–water partition coefficient (Wildman–Crippen LogP) is 2.04. The molecule has 0 atom stereocenters. The van der Waals surface area contributed by atoms with Crippen molar-refractivity contribution in [2.75, 3.05) is 19.7 Å². The van der Waals surface area contributed by atoms with Crippen LogP contribution >= 0.6 is 0 Å². The average Bonchev–Trinajstić information content (AvgIpc) is 2.24. The summed E-state index contributed by atoms with van der Waals surface area (Å²) in [6.07, 6.45) is -5.80. The normalized spacial score (nSPS) is 10.8. The zero-order valence-electron chi connectivity index (χ0n) is 9.57. The highest BCUT2D eigenvalue weighted by atomic mass is 19.4. The molecule has 0 radical (unpaired) electrons. The van der Waals surface area contributed by atoms with Crippen LogP contribution in [0.5, 0.6) is 0 Å². The van der Waals surface area contributed by atoms with Crippen molar-refractivity contribution in [3.8, 4) is 0 Å². The van der Waals surface area contributed by atoms with Crippen LogP contribution in [0.15, 0.2) is 12.7 Å². The average molecular weight is 269 g/mol. The SMILES string of the molecule is C=CCOC(=O)N(CCC(=O)O)CCC(F)(F)F. The Morgan fingerprint density at radius 1 is 1.33 bits per heavy atom. The van der Waals surface area contributed by atoms with Crippen molar-refractivity contribution < 1.29 is 32.6 Å². The van der Waals surface area contributed by atoms with Crippen LogP contribution in [-0.4, -0.2) is 47.9 Å². The number of rotatable bonds is 7. The lowest BCUT2D eigenvalue weighted by atomic mass is 10.3. The second-order valence-corrected chi connectivity index (χ2v) is 3.36. The molecule has 8 heteroatoms. The van der Waals surface area contributed by atoms with Crippen LogP contribution in [0.4, 0.5) is 18.0 Å². The van der Waals surface area contributed by atoms with E-state index in [0.29, 0.717) is 4.90 Å². The summed E-state index contributed by atoms with van der Waals surface area (Å²) in [5.74, 6) is -1.21. The van der Waals surface area contributed by atoms with Crippen LogP contribution in [0.25, 0.3) is 0 Å².